The molecule has 0 bridgehead atoms. The Labute approximate surface area is 226 Å². The average molecular weight is 543 g/mol. The highest BCUT2D eigenvalue weighted by atomic mass is 19.3. The third-order valence-corrected chi connectivity index (χ3v) is 8.49. The standard InChI is InChI=1S/C28H48F2N4O4/c1-20(2)15-23-25(35)34(14-9-31-23)24(16-21(3)4)26(36)33-12-7-28(8-13-33)37-18-22(19-38-28)17-32-10-5-27(29,30)6-11-32/h20-24,31H,5-19H2,1-4H3/t23-,24-/m0/s1. The lowest BCUT2D eigenvalue weighted by atomic mass is 9.95. The number of nitrogens with one attached hydrogen (secondary N) is 1. The number of rotatable bonds is 8. The number of hydrogen-bond donors (Lipinski definition) is 1. The van der Waals surface area contributed by atoms with Crippen molar-refractivity contribution < 1.29 is 27.8 Å². The maximum absolute atomic E-state index is 13.8. The molecular weight excluding hydrogens is 494 g/mol. The Bertz CT molecular complexity index is 799. The van der Waals surface area contributed by atoms with Crippen LogP contribution in [0.15, 0.2) is 0 Å². The Hall–Kier alpha value is -1.36. The lowest BCUT2D eigenvalue weighted by Gasteiger charge is -2.47. The second-order valence-electron chi connectivity index (χ2n) is 12.7. The molecule has 38 heavy (non-hydrogen) atoms. The van der Waals surface area contributed by atoms with Gasteiger partial charge in [-0.05, 0) is 24.7 Å². The molecule has 0 saturated carbocycles. The number of nitrogens with zero attached hydrogens (tertiary/aromatic N) is 3. The molecule has 1 spiro atoms. The molecule has 2 amide bonds. The molecule has 4 heterocycles. The van der Waals surface area contributed by atoms with Gasteiger partial charge in [0.1, 0.15) is 6.04 Å². The highest BCUT2D eigenvalue weighted by molar-refractivity contribution is 5.90. The molecule has 0 aromatic carbocycles. The molecule has 0 radical (unpaired) electrons. The van der Waals surface area contributed by atoms with Crippen LogP contribution in [0, 0.1) is 17.8 Å². The van der Waals surface area contributed by atoms with E-state index in [1.807, 2.05) is 9.80 Å². The van der Waals surface area contributed by atoms with Gasteiger partial charge in [0.05, 0.1) is 19.3 Å². The van der Waals surface area contributed by atoms with Crippen molar-refractivity contribution >= 4 is 11.8 Å². The van der Waals surface area contributed by atoms with Gasteiger partial charge in [0.25, 0.3) is 5.92 Å². The average Bonchev–Trinajstić information content (AvgIpc) is 2.86. The number of ether oxygens (including phenoxy) is 2. The minimum absolute atomic E-state index is 0.0303. The number of likely N-dealkylation sites (tertiary alicyclic amines) is 2. The quantitative estimate of drug-likeness (QED) is 0.509. The number of carbonyl (C=O) groups is 2. The topological polar surface area (TPSA) is 74.3 Å². The van der Waals surface area contributed by atoms with E-state index in [0.29, 0.717) is 90.1 Å². The fraction of sp³-hybridized carbons (Fsp3) is 0.929. The van der Waals surface area contributed by atoms with Crippen LogP contribution in [0.4, 0.5) is 8.78 Å². The molecule has 4 rings (SSSR count). The second-order valence-corrected chi connectivity index (χ2v) is 12.7. The highest BCUT2D eigenvalue weighted by Gasteiger charge is 2.45. The van der Waals surface area contributed by atoms with Crippen molar-refractivity contribution in [3.8, 4) is 0 Å². The van der Waals surface area contributed by atoms with Crippen molar-refractivity contribution in [2.75, 3.05) is 59.0 Å². The van der Waals surface area contributed by atoms with Crippen LogP contribution in [-0.4, -0.2) is 109 Å². The second kappa shape index (κ2) is 12.4. The van der Waals surface area contributed by atoms with E-state index < -0.39 is 17.8 Å². The van der Waals surface area contributed by atoms with Crippen molar-refractivity contribution in [1.29, 1.82) is 0 Å². The van der Waals surface area contributed by atoms with Gasteiger partial charge in [0.2, 0.25) is 11.8 Å². The van der Waals surface area contributed by atoms with Crippen molar-refractivity contribution in [2.24, 2.45) is 17.8 Å². The lowest BCUT2D eigenvalue weighted by Crippen LogP contribution is -2.63. The molecule has 4 saturated heterocycles. The van der Waals surface area contributed by atoms with E-state index in [9.17, 15) is 18.4 Å². The summed E-state index contributed by atoms with van der Waals surface area (Å²) >= 11 is 0. The maximum atomic E-state index is 13.8. The van der Waals surface area contributed by atoms with E-state index in [0.717, 1.165) is 6.42 Å². The van der Waals surface area contributed by atoms with Crippen LogP contribution in [0.3, 0.4) is 0 Å². The van der Waals surface area contributed by atoms with Crippen molar-refractivity contribution in [3.63, 3.8) is 0 Å². The number of piperidine rings is 2. The first-order valence-electron chi connectivity index (χ1n) is 14.7. The van der Waals surface area contributed by atoms with E-state index in [-0.39, 0.29) is 36.6 Å². The summed E-state index contributed by atoms with van der Waals surface area (Å²) in [7, 11) is 0. The van der Waals surface area contributed by atoms with Crippen LogP contribution in [0.25, 0.3) is 0 Å². The zero-order valence-electron chi connectivity index (χ0n) is 23.7. The molecule has 218 valence electrons. The number of hydrogen-bond acceptors (Lipinski definition) is 6. The molecule has 4 aliphatic heterocycles. The molecule has 0 aromatic rings. The number of piperazine rings is 1. The fourth-order valence-corrected chi connectivity index (χ4v) is 6.26. The van der Waals surface area contributed by atoms with Gasteiger partial charge in [-0.25, -0.2) is 8.78 Å². The number of alkyl halides is 2. The van der Waals surface area contributed by atoms with Crippen molar-refractivity contribution in [3.05, 3.63) is 0 Å². The fourth-order valence-electron chi connectivity index (χ4n) is 6.26. The van der Waals surface area contributed by atoms with Crippen LogP contribution < -0.4 is 5.32 Å². The van der Waals surface area contributed by atoms with Gasteiger partial charge in [0, 0.05) is 77.4 Å². The third kappa shape index (κ3) is 7.43. The Morgan fingerprint density at radius 2 is 1.61 bits per heavy atom. The van der Waals surface area contributed by atoms with Crippen LogP contribution >= 0.6 is 0 Å². The van der Waals surface area contributed by atoms with E-state index in [2.05, 4.69) is 37.9 Å². The minimum Gasteiger partial charge on any atom is -0.349 e. The Kier molecular flexibility index (Phi) is 9.69. The van der Waals surface area contributed by atoms with E-state index in [4.69, 9.17) is 9.47 Å². The lowest BCUT2D eigenvalue weighted by molar-refractivity contribution is -0.299. The van der Waals surface area contributed by atoms with Crippen LogP contribution in [-0.2, 0) is 19.1 Å². The zero-order valence-corrected chi connectivity index (χ0v) is 23.7. The van der Waals surface area contributed by atoms with Crippen LogP contribution in [0.5, 0.6) is 0 Å². The number of halogens is 2. The molecule has 0 aromatic heterocycles. The molecule has 0 aliphatic carbocycles. The smallest absolute Gasteiger partial charge is 0.250 e. The minimum atomic E-state index is -2.53. The van der Waals surface area contributed by atoms with Gasteiger partial charge in [-0.3, -0.25) is 9.59 Å². The monoisotopic (exact) mass is 542 g/mol. The molecule has 10 heteroatoms. The first-order chi connectivity index (χ1) is 18.0. The Balaban J connectivity index is 1.29. The summed E-state index contributed by atoms with van der Waals surface area (Å²) in [6, 6.07) is -0.669. The normalized spacial score (nSPS) is 27.9. The number of carbonyl (C=O) groups excluding carboxylic acids is 2. The van der Waals surface area contributed by atoms with E-state index >= 15 is 0 Å². The van der Waals surface area contributed by atoms with Gasteiger partial charge >= 0.3 is 0 Å². The van der Waals surface area contributed by atoms with Crippen LogP contribution in [0.1, 0.15) is 66.2 Å². The molecular formula is C28H48F2N4O4. The SMILES string of the molecule is CC(C)C[C@@H]1NCCN([C@@H](CC(C)C)C(=O)N2CCC3(CC2)OCC(CN2CCC(F)(F)CC2)CO3)C1=O. The summed E-state index contributed by atoms with van der Waals surface area (Å²) < 4.78 is 39.4. The highest BCUT2D eigenvalue weighted by Crippen LogP contribution is 2.34. The molecule has 2 atom stereocenters. The predicted molar refractivity (Wildman–Crippen MR) is 141 cm³/mol. The molecule has 1 N–H and O–H groups in total. The predicted octanol–water partition coefficient (Wildman–Crippen LogP) is 2.96. The molecule has 4 aliphatic rings. The summed E-state index contributed by atoms with van der Waals surface area (Å²) in [5, 5.41) is 3.34. The number of amides is 2. The summed E-state index contributed by atoms with van der Waals surface area (Å²) in [6.45, 7) is 13.4. The van der Waals surface area contributed by atoms with Crippen molar-refractivity contribution in [2.45, 2.75) is 90.0 Å². The van der Waals surface area contributed by atoms with Gasteiger partial charge in [-0.1, -0.05) is 27.7 Å². The van der Waals surface area contributed by atoms with Gasteiger partial charge < -0.3 is 29.5 Å². The van der Waals surface area contributed by atoms with E-state index in [1.54, 1.807) is 0 Å². The zero-order chi connectivity index (χ0) is 27.5. The third-order valence-electron chi connectivity index (χ3n) is 8.49. The largest absolute Gasteiger partial charge is 0.349 e. The maximum Gasteiger partial charge on any atom is 0.250 e. The molecule has 4 fully saturated rings. The van der Waals surface area contributed by atoms with Gasteiger partial charge in [-0.2, -0.15) is 0 Å². The summed E-state index contributed by atoms with van der Waals surface area (Å²) in [5.74, 6) is -2.29. The first-order valence-corrected chi connectivity index (χ1v) is 14.7. The van der Waals surface area contributed by atoms with Crippen molar-refractivity contribution in [1.82, 2.24) is 20.0 Å². The van der Waals surface area contributed by atoms with Crippen LogP contribution in [0.2, 0.25) is 0 Å². The van der Waals surface area contributed by atoms with E-state index in [1.165, 1.54) is 0 Å². The summed E-state index contributed by atoms with van der Waals surface area (Å²) in [6.07, 6.45) is 2.46. The van der Waals surface area contributed by atoms with Gasteiger partial charge in [0.15, 0.2) is 5.79 Å². The first kappa shape index (κ1) is 29.6. The molecule has 8 nitrogen and oxygen atoms in total. The Morgan fingerprint density at radius 3 is 2.18 bits per heavy atom. The Morgan fingerprint density at radius 1 is 0.974 bits per heavy atom. The summed E-state index contributed by atoms with van der Waals surface area (Å²) in [5.41, 5.74) is 0. The van der Waals surface area contributed by atoms with Gasteiger partial charge in [-0.15, -0.1) is 0 Å². The molecule has 0 unspecified atom stereocenters. The summed E-state index contributed by atoms with van der Waals surface area (Å²) in [4.78, 5) is 32.9.